The molecular formula is C27H40O11. The molecule has 1 aliphatic carbocycles. The fourth-order valence-electron chi connectivity index (χ4n) is 5.07. The SMILES string of the molecule is CC(=O)O[C@H]1C[C@]2(O)C(COC(=O)C(OC(=O)CC(C)C)C(C)C)=CO[C@@H](OC(=O)CC(C)C)[C@@H]2C12CO2. The van der Waals surface area contributed by atoms with Gasteiger partial charge in [-0.2, -0.15) is 0 Å². The molecule has 1 saturated carbocycles. The molecule has 6 atom stereocenters. The normalized spacial score (nSPS) is 30.4. The van der Waals surface area contributed by atoms with E-state index in [1.54, 1.807) is 13.8 Å². The lowest BCUT2D eigenvalue weighted by atomic mass is 9.79. The van der Waals surface area contributed by atoms with Gasteiger partial charge in [0, 0.05) is 37.7 Å². The van der Waals surface area contributed by atoms with E-state index in [9.17, 15) is 24.3 Å². The zero-order chi connectivity index (χ0) is 28.4. The molecule has 1 spiro atoms. The third-order valence-electron chi connectivity index (χ3n) is 6.90. The lowest BCUT2D eigenvalue weighted by molar-refractivity contribution is -0.208. The minimum Gasteiger partial charge on any atom is -0.462 e. The third kappa shape index (κ3) is 6.48. The fraction of sp³-hybridized carbons (Fsp3) is 0.778. The molecule has 3 rings (SSSR count). The highest BCUT2D eigenvalue weighted by Crippen LogP contribution is 2.59. The summed E-state index contributed by atoms with van der Waals surface area (Å²) in [5.74, 6) is -3.51. The van der Waals surface area contributed by atoms with Gasteiger partial charge in [0.05, 0.1) is 12.9 Å². The summed E-state index contributed by atoms with van der Waals surface area (Å²) in [7, 11) is 0. The van der Waals surface area contributed by atoms with Crippen LogP contribution in [0.5, 0.6) is 0 Å². The van der Waals surface area contributed by atoms with Crippen molar-refractivity contribution in [1.29, 1.82) is 0 Å². The van der Waals surface area contributed by atoms with Crippen LogP contribution in [-0.4, -0.2) is 71.9 Å². The van der Waals surface area contributed by atoms with Crippen molar-refractivity contribution >= 4 is 23.9 Å². The van der Waals surface area contributed by atoms with Crippen LogP contribution in [-0.2, 0) is 47.6 Å². The van der Waals surface area contributed by atoms with Crippen LogP contribution in [0.4, 0.5) is 0 Å². The zero-order valence-electron chi connectivity index (χ0n) is 23.2. The first-order valence-corrected chi connectivity index (χ1v) is 13.1. The molecule has 2 unspecified atom stereocenters. The maximum atomic E-state index is 12.9. The molecule has 0 aromatic rings. The molecule has 1 N–H and O–H groups in total. The largest absolute Gasteiger partial charge is 0.462 e. The van der Waals surface area contributed by atoms with Gasteiger partial charge in [0.1, 0.15) is 29.8 Å². The Labute approximate surface area is 223 Å². The number of esters is 4. The Bertz CT molecular complexity index is 949. The number of rotatable bonds is 11. The second-order valence-corrected chi connectivity index (χ2v) is 11.5. The van der Waals surface area contributed by atoms with E-state index in [-0.39, 0.29) is 55.8 Å². The minimum absolute atomic E-state index is 0.0440. The van der Waals surface area contributed by atoms with Crippen molar-refractivity contribution in [2.75, 3.05) is 13.2 Å². The van der Waals surface area contributed by atoms with Gasteiger partial charge in [0.25, 0.3) is 6.29 Å². The highest BCUT2D eigenvalue weighted by molar-refractivity contribution is 5.80. The summed E-state index contributed by atoms with van der Waals surface area (Å²) in [6, 6.07) is 0. The van der Waals surface area contributed by atoms with Crippen LogP contribution >= 0.6 is 0 Å². The van der Waals surface area contributed by atoms with Gasteiger partial charge in [-0.25, -0.2) is 4.79 Å². The van der Waals surface area contributed by atoms with Crippen LogP contribution in [0.1, 0.15) is 67.7 Å². The van der Waals surface area contributed by atoms with Crippen molar-refractivity contribution in [2.24, 2.45) is 23.7 Å². The average Bonchev–Trinajstić information content (AvgIpc) is 3.51. The molecule has 0 amide bonds. The van der Waals surface area contributed by atoms with E-state index in [1.807, 2.05) is 27.7 Å². The third-order valence-corrected chi connectivity index (χ3v) is 6.90. The number of hydrogen-bond donors (Lipinski definition) is 1. The van der Waals surface area contributed by atoms with E-state index < -0.39 is 59.5 Å². The standard InChI is InChI=1S/C27H40O11/c1-14(2)8-20(29)37-22(16(5)6)24(31)33-11-18-12-34-25(38-21(30)9-15(3)4)23-26(18,32)10-19(36-17(7)28)27(23)13-35-27/h12,14-16,19,22-23,25,32H,8-11,13H2,1-7H3/t19-,22?,23-,25-,26-,27?/m0/s1. The Morgan fingerprint density at radius 1 is 1.03 bits per heavy atom. The summed E-state index contributed by atoms with van der Waals surface area (Å²) in [5, 5.41) is 11.9. The van der Waals surface area contributed by atoms with Gasteiger partial charge in [-0.1, -0.05) is 41.5 Å². The van der Waals surface area contributed by atoms with Crippen LogP contribution in [0.3, 0.4) is 0 Å². The molecule has 2 fully saturated rings. The minimum atomic E-state index is -1.72. The number of aliphatic hydroxyl groups is 1. The molecule has 1 saturated heterocycles. The summed E-state index contributed by atoms with van der Waals surface area (Å²) in [4.78, 5) is 49.3. The Morgan fingerprint density at radius 3 is 2.16 bits per heavy atom. The molecule has 3 aliphatic rings. The summed E-state index contributed by atoms with van der Waals surface area (Å²) < 4.78 is 33.3. The van der Waals surface area contributed by atoms with Crippen molar-refractivity contribution < 1.29 is 52.7 Å². The zero-order valence-corrected chi connectivity index (χ0v) is 23.2. The van der Waals surface area contributed by atoms with Crippen LogP contribution in [0.25, 0.3) is 0 Å². The summed E-state index contributed by atoms with van der Waals surface area (Å²) >= 11 is 0. The molecule has 2 heterocycles. The fourth-order valence-corrected chi connectivity index (χ4v) is 5.07. The topological polar surface area (TPSA) is 147 Å². The molecule has 214 valence electrons. The number of epoxide rings is 1. The smallest absolute Gasteiger partial charge is 0.348 e. The molecule has 38 heavy (non-hydrogen) atoms. The van der Waals surface area contributed by atoms with Gasteiger partial charge in [0.2, 0.25) is 6.10 Å². The molecule has 11 heteroatoms. The highest BCUT2D eigenvalue weighted by atomic mass is 16.7. The summed E-state index contributed by atoms with van der Waals surface area (Å²) in [6.45, 7) is 12.0. The maximum Gasteiger partial charge on any atom is 0.348 e. The van der Waals surface area contributed by atoms with Gasteiger partial charge in [-0.15, -0.1) is 0 Å². The lowest BCUT2D eigenvalue weighted by Crippen LogP contribution is -2.53. The number of ether oxygens (including phenoxy) is 6. The van der Waals surface area contributed by atoms with E-state index in [1.165, 1.54) is 13.2 Å². The quantitative estimate of drug-likeness (QED) is 0.234. The average molecular weight is 541 g/mol. The van der Waals surface area contributed by atoms with E-state index in [0.29, 0.717) is 0 Å². The summed E-state index contributed by atoms with van der Waals surface area (Å²) in [5.41, 5.74) is -2.65. The number of fused-ring (bicyclic) bond motifs is 2. The second-order valence-electron chi connectivity index (χ2n) is 11.5. The Balaban J connectivity index is 1.80. The van der Waals surface area contributed by atoms with Crippen molar-refractivity contribution in [2.45, 2.75) is 97.4 Å². The van der Waals surface area contributed by atoms with Gasteiger partial charge in [-0.3, -0.25) is 14.4 Å². The monoisotopic (exact) mass is 540 g/mol. The van der Waals surface area contributed by atoms with E-state index in [2.05, 4.69) is 0 Å². The maximum absolute atomic E-state index is 12.9. The van der Waals surface area contributed by atoms with Crippen molar-refractivity contribution in [3.63, 3.8) is 0 Å². The number of hydrogen-bond acceptors (Lipinski definition) is 11. The lowest BCUT2D eigenvalue weighted by Gasteiger charge is -2.40. The molecule has 2 aliphatic heterocycles. The first-order chi connectivity index (χ1) is 17.7. The molecular weight excluding hydrogens is 500 g/mol. The van der Waals surface area contributed by atoms with Crippen LogP contribution in [0.2, 0.25) is 0 Å². The van der Waals surface area contributed by atoms with E-state index in [4.69, 9.17) is 28.4 Å². The Morgan fingerprint density at radius 2 is 1.63 bits per heavy atom. The van der Waals surface area contributed by atoms with Crippen LogP contribution in [0.15, 0.2) is 11.8 Å². The van der Waals surface area contributed by atoms with Gasteiger partial charge in [0.15, 0.2) is 0 Å². The molecule has 0 aromatic heterocycles. The van der Waals surface area contributed by atoms with Crippen molar-refractivity contribution in [3.05, 3.63) is 11.8 Å². The van der Waals surface area contributed by atoms with Crippen LogP contribution in [0, 0.1) is 23.7 Å². The predicted molar refractivity (Wildman–Crippen MR) is 131 cm³/mol. The van der Waals surface area contributed by atoms with Gasteiger partial charge < -0.3 is 33.5 Å². The number of carbonyl (C=O) groups excluding carboxylic acids is 4. The number of carbonyl (C=O) groups is 4. The molecule has 11 nitrogen and oxygen atoms in total. The Hall–Kier alpha value is -2.66. The molecule has 0 radical (unpaired) electrons. The molecule has 0 bridgehead atoms. The molecule has 0 aromatic carbocycles. The van der Waals surface area contributed by atoms with Gasteiger partial charge in [-0.05, 0) is 11.8 Å². The van der Waals surface area contributed by atoms with Crippen LogP contribution < -0.4 is 0 Å². The Kier molecular flexibility index (Phi) is 9.13. The first-order valence-electron chi connectivity index (χ1n) is 13.1. The van der Waals surface area contributed by atoms with Crippen molar-refractivity contribution in [1.82, 2.24) is 0 Å². The first kappa shape index (κ1) is 29.9. The van der Waals surface area contributed by atoms with Crippen molar-refractivity contribution in [3.8, 4) is 0 Å². The van der Waals surface area contributed by atoms with E-state index in [0.717, 1.165) is 0 Å². The summed E-state index contributed by atoms with van der Waals surface area (Å²) in [6.07, 6.45) is -1.72. The predicted octanol–water partition coefficient (Wildman–Crippen LogP) is 2.42. The highest BCUT2D eigenvalue weighted by Gasteiger charge is 2.76. The van der Waals surface area contributed by atoms with Gasteiger partial charge >= 0.3 is 23.9 Å². The second kappa shape index (κ2) is 11.6. The van der Waals surface area contributed by atoms with E-state index >= 15 is 0 Å².